The summed E-state index contributed by atoms with van der Waals surface area (Å²) in [6.45, 7) is 1.70. The fourth-order valence-electron chi connectivity index (χ4n) is 1.46. The standard InChI is InChI=1S/C6H12O4S/c1-6(4-2-3-5-6)10-11(7,8)9/h2-5H2,1H3,(H,7,8,9). The van der Waals surface area contributed by atoms with Crippen LogP contribution in [0.3, 0.4) is 0 Å². The van der Waals surface area contributed by atoms with Gasteiger partial charge in [0.15, 0.2) is 0 Å². The van der Waals surface area contributed by atoms with Crippen molar-refractivity contribution in [2.24, 2.45) is 0 Å². The Labute approximate surface area is 66.5 Å². The second kappa shape index (κ2) is 2.73. The van der Waals surface area contributed by atoms with Crippen molar-refractivity contribution in [3.05, 3.63) is 0 Å². The molecule has 0 unspecified atom stereocenters. The Hall–Kier alpha value is -0.130. The Balaban J connectivity index is 2.60. The third kappa shape index (κ3) is 2.76. The van der Waals surface area contributed by atoms with Crippen LogP contribution in [0.4, 0.5) is 0 Å². The molecule has 1 fully saturated rings. The molecule has 0 radical (unpaired) electrons. The molecular formula is C6H12O4S. The maximum Gasteiger partial charge on any atom is 0.397 e. The molecule has 0 spiro atoms. The molecule has 1 aliphatic rings. The van der Waals surface area contributed by atoms with Crippen LogP contribution in [0.25, 0.3) is 0 Å². The van der Waals surface area contributed by atoms with Gasteiger partial charge in [-0.15, -0.1) is 0 Å². The highest BCUT2D eigenvalue weighted by Crippen LogP contribution is 2.33. The summed E-state index contributed by atoms with van der Waals surface area (Å²) in [6.07, 6.45) is 3.33. The van der Waals surface area contributed by atoms with Gasteiger partial charge in [0.1, 0.15) is 0 Å². The van der Waals surface area contributed by atoms with Gasteiger partial charge < -0.3 is 0 Å². The Morgan fingerprint density at radius 1 is 1.36 bits per heavy atom. The monoisotopic (exact) mass is 180 g/mol. The van der Waals surface area contributed by atoms with Crippen molar-refractivity contribution >= 4 is 10.4 Å². The summed E-state index contributed by atoms with van der Waals surface area (Å²) < 4.78 is 33.6. The maximum atomic E-state index is 10.3. The van der Waals surface area contributed by atoms with E-state index in [1.165, 1.54) is 0 Å². The van der Waals surface area contributed by atoms with E-state index in [0.717, 1.165) is 12.8 Å². The lowest BCUT2D eigenvalue weighted by atomic mass is 10.1. The van der Waals surface area contributed by atoms with Gasteiger partial charge in [-0.1, -0.05) is 12.8 Å². The molecule has 0 atom stereocenters. The molecule has 11 heavy (non-hydrogen) atoms. The second-order valence-electron chi connectivity index (χ2n) is 3.17. The van der Waals surface area contributed by atoms with Crippen LogP contribution in [-0.2, 0) is 14.6 Å². The van der Waals surface area contributed by atoms with Crippen LogP contribution in [0, 0.1) is 0 Å². The van der Waals surface area contributed by atoms with Crippen molar-refractivity contribution in [1.82, 2.24) is 0 Å². The average molecular weight is 180 g/mol. The largest absolute Gasteiger partial charge is 0.397 e. The van der Waals surface area contributed by atoms with E-state index < -0.39 is 16.0 Å². The van der Waals surface area contributed by atoms with Gasteiger partial charge in [0.2, 0.25) is 0 Å². The fourth-order valence-corrected chi connectivity index (χ4v) is 2.14. The van der Waals surface area contributed by atoms with Crippen molar-refractivity contribution < 1.29 is 17.2 Å². The van der Waals surface area contributed by atoms with Crippen molar-refractivity contribution in [1.29, 1.82) is 0 Å². The van der Waals surface area contributed by atoms with Crippen molar-refractivity contribution in [2.75, 3.05) is 0 Å². The van der Waals surface area contributed by atoms with Gasteiger partial charge in [-0.25, -0.2) is 4.18 Å². The summed E-state index contributed by atoms with van der Waals surface area (Å²) in [5.41, 5.74) is -0.659. The highest BCUT2D eigenvalue weighted by Gasteiger charge is 2.33. The Morgan fingerprint density at radius 2 is 1.82 bits per heavy atom. The number of hydrogen-bond donors (Lipinski definition) is 1. The summed E-state index contributed by atoms with van der Waals surface area (Å²) in [6, 6.07) is 0. The Kier molecular flexibility index (Phi) is 2.22. The van der Waals surface area contributed by atoms with Gasteiger partial charge in [0, 0.05) is 0 Å². The lowest BCUT2D eigenvalue weighted by Gasteiger charge is -2.20. The first-order valence-corrected chi connectivity index (χ1v) is 4.96. The molecule has 0 bridgehead atoms. The molecule has 0 amide bonds. The van der Waals surface area contributed by atoms with E-state index in [9.17, 15) is 8.42 Å². The van der Waals surface area contributed by atoms with Crippen molar-refractivity contribution in [2.45, 2.75) is 38.2 Å². The van der Waals surface area contributed by atoms with Gasteiger partial charge in [0.25, 0.3) is 0 Å². The summed E-state index contributed by atoms with van der Waals surface area (Å²) in [7, 11) is -4.27. The molecule has 0 saturated heterocycles. The zero-order valence-electron chi connectivity index (χ0n) is 6.41. The summed E-state index contributed by atoms with van der Waals surface area (Å²) in [4.78, 5) is 0. The zero-order chi connectivity index (χ0) is 8.54. The fraction of sp³-hybridized carbons (Fsp3) is 1.00. The molecule has 1 aliphatic carbocycles. The molecular weight excluding hydrogens is 168 g/mol. The van der Waals surface area contributed by atoms with E-state index in [4.69, 9.17) is 4.55 Å². The average Bonchev–Trinajstić information content (AvgIpc) is 2.09. The minimum Gasteiger partial charge on any atom is -0.264 e. The van der Waals surface area contributed by atoms with E-state index in [2.05, 4.69) is 4.18 Å². The first-order valence-electron chi connectivity index (χ1n) is 3.59. The lowest BCUT2D eigenvalue weighted by molar-refractivity contribution is 0.0881. The molecule has 0 aromatic heterocycles. The predicted octanol–water partition coefficient (Wildman–Crippen LogP) is 1.14. The molecule has 0 aromatic rings. The molecule has 66 valence electrons. The molecule has 0 aliphatic heterocycles. The third-order valence-electron chi connectivity index (χ3n) is 1.97. The van der Waals surface area contributed by atoms with Gasteiger partial charge in [-0.3, -0.25) is 4.55 Å². The van der Waals surface area contributed by atoms with Gasteiger partial charge >= 0.3 is 10.4 Å². The Bertz CT molecular complexity index is 225. The van der Waals surface area contributed by atoms with Crippen molar-refractivity contribution in [3.8, 4) is 0 Å². The minimum absolute atomic E-state index is 0.659. The van der Waals surface area contributed by atoms with Crippen LogP contribution in [0.15, 0.2) is 0 Å². The topological polar surface area (TPSA) is 63.6 Å². The van der Waals surface area contributed by atoms with Crippen LogP contribution in [0.2, 0.25) is 0 Å². The van der Waals surface area contributed by atoms with E-state index in [1.54, 1.807) is 6.92 Å². The molecule has 4 nitrogen and oxygen atoms in total. The van der Waals surface area contributed by atoms with Crippen molar-refractivity contribution in [3.63, 3.8) is 0 Å². The van der Waals surface area contributed by atoms with E-state index >= 15 is 0 Å². The van der Waals surface area contributed by atoms with Crippen LogP contribution >= 0.6 is 0 Å². The highest BCUT2D eigenvalue weighted by atomic mass is 32.3. The Morgan fingerprint density at radius 3 is 2.18 bits per heavy atom. The van der Waals surface area contributed by atoms with E-state index in [0.29, 0.717) is 12.8 Å². The quantitative estimate of drug-likeness (QED) is 0.647. The number of hydrogen-bond acceptors (Lipinski definition) is 3. The first-order chi connectivity index (χ1) is 4.91. The molecule has 1 N–H and O–H groups in total. The minimum atomic E-state index is -4.27. The summed E-state index contributed by atoms with van der Waals surface area (Å²) in [5.74, 6) is 0. The molecule has 0 heterocycles. The van der Waals surface area contributed by atoms with Crippen LogP contribution in [0.5, 0.6) is 0 Å². The molecule has 5 heteroatoms. The normalized spacial score (nSPS) is 23.8. The summed E-state index contributed by atoms with van der Waals surface area (Å²) in [5, 5.41) is 0. The van der Waals surface area contributed by atoms with Gasteiger partial charge in [-0.05, 0) is 19.8 Å². The lowest BCUT2D eigenvalue weighted by Crippen LogP contribution is -2.27. The molecule has 0 aromatic carbocycles. The van der Waals surface area contributed by atoms with Crippen LogP contribution in [0.1, 0.15) is 32.6 Å². The van der Waals surface area contributed by atoms with Crippen LogP contribution < -0.4 is 0 Å². The predicted molar refractivity (Wildman–Crippen MR) is 39.5 cm³/mol. The molecule has 1 saturated carbocycles. The second-order valence-corrected chi connectivity index (χ2v) is 4.19. The maximum absolute atomic E-state index is 10.3. The SMILES string of the molecule is CC1(OS(=O)(=O)O)CCCC1. The first kappa shape index (κ1) is 8.96. The van der Waals surface area contributed by atoms with Crippen LogP contribution in [-0.4, -0.2) is 18.6 Å². The van der Waals surface area contributed by atoms with E-state index in [-0.39, 0.29) is 0 Å². The van der Waals surface area contributed by atoms with Gasteiger partial charge in [-0.2, -0.15) is 8.42 Å². The smallest absolute Gasteiger partial charge is 0.264 e. The number of rotatable bonds is 2. The highest BCUT2D eigenvalue weighted by molar-refractivity contribution is 7.80. The molecule has 1 rings (SSSR count). The van der Waals surface area contributed by atoms with Gasteiger partial charge in [0.05, 0.1) is 5.60 Å². The van der Waals surface area contributed by atoms with E-state index in [1.807, 2.05) is 0 Å². The summed E-state index contributed by atoms with van der Waals surface area (Å²) >= 11 is 0. The third-order valence-corrected chi connectivity index (χ3v) is 2.58. The zero-order valence-corrected chi connectivity index (χ0v) is 7.23.